The van der Waals surface area contributed by atoms with Crippen LogP contribution in [0.15, 0.2) is 5.16 Å². The summed E-state index contributed by atoms with van der Waals surface area (Å²) in [5, 5.41) is 21.1. The van der Waals surface area contributed by atoms with Crippen molar-refractivity contribution in [3.63, 3.8) is 0 Å². The van der Waals surface area contributed by atoms with E-state index in [-0.39, 0.29) is 24.1 Å². The molecule has 18 heavy (non-hydrogen) atoms. The van der Waals surface area contributed by atoms with Crippen molar-refractivity contribution in [2.45, 2.75) is 17.9 Å². The van der Waals surface area contributed by atoms with Gasteiger partial charge in [0, 0.05) is 0 Å². The number of hydrogen-bond donors (Lipinski definition) is 2. The number of aliphatic hydroxyl groups excluding tert-OH is 1. The molecule has 0 aliphatic heterocycles. The van der Waals surface area contributed by atoms with Gasteiger partial charge in [-0.3, -0.25) is 4.79 Å². The second-order valence-corrected chi connectivity index (χ2v) is 4.03. The van der Waals surface area contributed by atoms with Crippen molar-refractivity contribution in [3.8, 4) is 0 Å². The molecule has 0 bridgehead atoms. The minimum atomic E-state index is -4.43. The average Bonchev–Trinajstić information content (AvgIpc) is 2.71. The molecule has 1 aromatic heterocycles. The molecular formula is C7H10F3N5O2S. The molecule has 0 aromatic carbocycles. The number of carbonyl (C=O) groups excluding carboxylic acids is 1. The molecule has 1 heterocycles. The van der Waals surface area contributed by atoms with E-state index in [1.165, 1.54) is 4.68 Å². The minimum Gasteiger partial charge on any atom is -0.394 e. The van der Waals surface area contributed by atoms with Crippen molar-refractivity contribution in [1.82, 2.24) is 25.5 Å². The van der Waals surface area contributed by atoms with Crippen molar-refractivity contribution in [1.29, 1.82) is 0 Å². The SMILES string of the molecule is O=C(CSc1nnnn1CCO)NCC(F)(F)F. The number of amides is 1. The molecule has 0 aliphatic rings. The Morgan fingerprint density at radius 2 is 2.22 bits per heavy atom. The van der Waals surface area contributed by atoms with Gasteiger partial charge in [0.25, 0.3) is 0 Å². The lowest BCUT2D eigenvalue weighted by atomic mass is 10.6. The molecule has 0 fully saturated rings. The third kappa shape index (κ3) is 5.31. The number of rotatable bonds is 6. The lowest BCUT2D eigenvalue weighted by Crippen LogP contribution is -2.34. The number of nitrogens with one attached hydrogen (secondary N) is 1. The topological polar surface area (TPSA) is 92.9 Å². The maximum absolute atomic E-state index is 11.8. The van der Waals surface area contributed by atoms with Gasteiger partial charge < -0.3 is 10.4 Å². The number of nitrogens with zero attached hydrogens (tertiary/aromatic N) is 4. The number of thioether (sulfide) groups is 1. The molecule has 2 N–H and O–H groups in total. The third-order valence-corrected chi connectivity index (χ3v) is 2.59. The van der Waals surface area contributed by atoms with Gasteiger partial charge in [-0.25, -0.2) is 4.68 Å². The molecule has 0 aliphatic carbocycles. The van der Waals surface area contributed by atoms with Crippen LogP contribution in [0.25, 0.3) is 0 Å². The van der Waals surface area contributed by atoms with E-state index < -0.39 is 18.6 Å². The van der Waals surface area contributed by atoms with Crippen molar-refractivity contribution < 1.29 is 23.1 Å². The summed E-state index contributed by atoms with van der Waals surface area (Å²) in [6.45, 7) is -1.40. The van der Waals surface area contributed by atoms with Crippen LogP contribution in [0.2, 0.25) is 0 Å². The summed E-state index contributed by atoms with van der Waals surface area (Å²) < 4.78 is 36.7. The van der Waals surface area contributed by atoms with Gasteiger partial charge in [0.2, 0.25) is 11.1 Å². The van der Waals surface area contributed by atoms with Crippen molar-refractivity contribution in [2.24, 2.45) is 0 Å². The Hall–Kier alpha value is -1.36. The standard InChI is InChI=1S/C7H10F3N5O2S/c8-7(9,10)4-11-5(17)3-18-6-12-13-14-15(6)1-2-16/h16H,1-4H2,(H,11,17). The molecule has 1 amide bonds. The summed E-state index contributed by atoms with van der Waals surface area (Å²) in [6.07, 6.45) is -4.43. The number of tetrazole rings is 1. The number of aromatic nitrogens is 4. The summed E-state index contributed by atoms with van der Waals surface area (Å²) in [5.41, 5.74) is 0. The van der Waals surface area contributed by atoms with E-state index in [9.17, 15) is 18.0 Å². The smallest absolute Gasteiger partial charge is 0.394 e. The predicted octanol–water partition coefficient (Wildman–Crippen LogP) is -0.564. The Kier molecular flexibility index (Phi) is 5.34. The second-order valence-electron chi connectivity index (χ2n) is 3.09. The quantitative estimate of drug-likeness (QED) is 0.680. The molecule has 11 heteroatoms. The summed E-state index contributed by atoms with van der Waals surface area (Å²) >= 11 is 0.889. The monoisotopic (exact) mass is 285 g/mol. The Morgan fingerprint density at radius 3 is 2.83 bits per heavy atom. The summed E-state index contributed by atoms with van der Waals surface area (Å²) in [6, 6.07) is 0. The van der Waals surface area contributed by atoms with Crippen LogP contribution < -0.4 is 5.32 Å². The van der Waals surface area contributed by atoms with E-state index in [1.807, 2.05) is 0 Å². The van der Waals surface area contributed by atoms with E-state index in [0.717, 1.165) is 11.8 Å². The van der Waals surface area contributed by atoms with Gasteiger partial charge in [0.05, 0.1) is 18.9 Å². The fraction of sp³-hybridized carbons (Fsp3) is 0.714. The highest BCUT2D eigenvalue weighted by Crippen LogP contribution is 2.14. The summed E-state index contributed by atoms with van der Waals surface area (Å²) in [7, 11) is 0. The fourth-order valence-corrected chi connectivity index (χ4v) is 1.65. The molecule has 1 aromatic rings. The summed E-state index contributed by atoms with van der Waals surface area (Å²) in [5.74, 6) is -1.00. The Morgan fingerprint density at radius 1 is 1.50 bits per heavy atom. The van der Waals surface area contributed by atoms with Gasteiger partial charge >= 0.3 is 6.18 Å². The van der Waals surface area contributed by atoms with Gasteiger partial charge in [0.1, 0.15) is 6.54 Å². The number of alkyl halides is 3. The number of halogens is 3. The largest absolute Gasteiger partial charge is 0.405 e. The lowest BCUT2D eigenvalue weighted by Gasteiger charge is -2.07. The molecular weight excluding hydrogens is 275 g/mol. The zero-order chi connectivity index (χ0) is 13.6. The van der Waals surface area contributed by atoms with Gasteiger partial charge in [-0.15, -0.1) is 5.10 Å². The normalized spacial score (nSPS) is 11.6. The maximum Gasteiger partial charge on any atom is 0.405 e. The van der Waals surface area contributed by atoms with E-state index in [1.54, 1.807) is 5.32 Å². The first-order chi connectivity index (χ1) is 8.42. The maximum atomic E-state index is 11.8. The molecule has 7 nitrogen and oxygen atoms in total. The molecule has 0 spiro atoms. The number of carbonyl (C=O) groups is 1. The highest BCUT2D eigenvalue weighted by atomic mass is 32.2. The van der Waals surface area contributed by atoms with E-state index in [2.05, 4.69) is 15.5 Å². The van der Waals surface area contributed by atoms with Gasteiger partial charge in [-0.2, -0.15) is 13.2 Å². The van der Waals surface area contributed by atoms with Crippen LogP contribution in [0.5, 0.6) is 0 Å². The zero-order valence-corrected chi connectivity index (χ0v) is 9.83. The van der Waals surface area contributed by atoms with Gasteiger partial charge in [0.15, 0.2) is 0 Å². The Labute approximate surface area is 104 Å². The van der Waals surface area contributed by atoms with Crippen LogP contribution in [-0.4, -0.2) is 56.3 Å². The first-order valence-corrected chi connectivity index (χ1v) is 5.74. The zero-order valence-electron chi connectivity index (χ0n) is 9.01. The molecule has 0 radical (unpaired) electrons. The second kappa shape index (κ2) is 6.54. The van der Waals surface area contributed by atoms with Crippen LogP contribution >= 0.6 is 11.8 Å². The third-order valence-electron chi connectivity index (χ3n) is 1.63. The van der Waals surface area contributed by atoms with Gasteiger partial charge in [-0.1, -0.05) is 11.8 Å². The lowest BCUT2D eigenvalue weighted by molar-refractivity contribution is -0.136. The highest BCUT2D eigenvalue weighted by Gasteiger charge is 2.27. The molecule has 1 rings (SSSR count). The van der Waals surface area contributed by atoms with E-state index >= 15 is 0 Å². The van der Waals surface area contributed by atoms with Crippen molar-refractivity contribution >= 4 is 17.7 Å². The van der Waals surface area contributed by atoms with E-state index in [4.69, 9.17) is 5.11 Å². The molecule has 0 saturated carbocycles. The molecule has 0 unspecified atom stereocenters. The number of aliphatic hydroxyl groups is 1. The Bertz CT molecular complexity index is 397. The molecule has 102 valence electrons. The fourth-order valence-electron chi connectivity index (χ4n) is 0.915. The predicted molar refractivity (Wildman–Crippen MR) is 54.7 cm³/mol. The van der Waals surface area contributed by atoms with Crippen LogP contribution in [0.4, 0.5) is 13.2 Å². The molecule has 0 atom stereocenters. The van der Waals surface area contributed by atoms with Crippen molar-refractivity contribution in [3.05, 3.63) is 0 Å². The highest BCUT2D eigenvalue weighted by molar-refractivity contribution is 7.99. The van der Waals surface area contributed by atoms with Crippen LogP contribution in [0, 0.1) is 0 Å². The first-order valence-electron chi connectivity index (χ1n) is 4.75. The van der Waals surface area contributed by atoms with Gasteiger partial charge in [-0.05, 0) is 10.4 Å². The number of hydrogen-bond acceptors (Lipinski definition) is 6. The molecule has 0 saturated heterocycles. The van der Waals surface area contributed by atoms with E-state index in [0.29, 0.717) is 0 Å². The van der Waals surface area contributed by atoms with Crippen LogP contribution in [-0.2, 0) is 11.3 Å². The first kappa shape index (κ1) is 14.7. The average molecular weight is 285 g/mol. The van der Waals surface area contributed by atoms with Crippen LogP contribution in [0.1, 0.15) is 0 Å². The minimum absolute atomic E-state index is 0.152. The van der Waals surface area contributed by atoms with Crippen molar-refractivity contribution in [2.75, 3.05) is 18.9 Å². The Balaban J connectivity index is 2.36. The summed E-state index contributed by atoms with van der Waals surface area (Å²) in [4.78, 5) is 11.1. The van der Waals surface area contributed by atoms with Crippen LogP contribution in [0.3, 0.4) is 0 Å².